The summed E-state index contributed by atoms with van der Waals surface area (Å²) in [4.78, 5) is 3.98. The molecule has 1 aromatic heterocycles. The number of hydrazine groups is 1. The van der Waals surface area contributed by atoms with Gasteiger partial charge in [0.1, 0.15) is 18.2 Å². The normalized spacial score (nSPS) is 10.5. The molecule has 0 aliphatic carbocycles. The summed E-state index contributed by atoms with van der Waals surface area (Å²) in [6.07, 6.45) is 1.64. The zero-order valence-corrected chi connectivity index (χ0v) is 9.77. The molecule has 16 heavy (non-hydrogen) atoms. The van der Waals surface area contributed by atoms with Gasteiger partial charge in [0.05, 0.1) is 6.61 Å². The van der Waals surface area contributed by atoms with Gasteiger partial charge < -0.3 is 14.9 Å². The SMILES string of the molecule is CC(C)COCCOc1ccnc(NN)c1. The van der Waals surface area contributed by atoms with Gasteiger partial charge in [-0.1, -0.05) is 13.8 Å². The Hall–Kier alpha value is -1.33. The van der Waals surface area contributed by atoms with Crippen molar-refractivity contribution in [3.8, 4) is 5.75 Å². The average Bonchev–Trinajstić information content (AvgIpc) is 2.28. The highest BCUT2D eigenvalue weighted by Crippen LogP contribution is 2.13. The summed E-state index contributed by atoms with van der Waals surface area (Å²) in [5.41, 5.74) is 2.46. The van der Waals surface area contributed by atoms with Crippen LogP contribution in [0, 0.1) is 5.92 Å². The number of hydrogen-bond acceptors (Lipinski definition) is 5. The first-order valence-corrected chi connectivity index (χ1v) is 5.35. The Labute approximate surface area is 95.9 Å². The number of rotatable bonds is 7. The number of nitrogens with one attached hydrogen (secondary N) is 1. The topological polar surface area (TPSA) is 69.4 Å². The molecular formula is C11H19N3O2. The van der Waals surface area contributed by atoms with Crippen LogP contribution in [0.15, 0.2) is 18.3 Å². The lowest BCUT2D eigenvalue weighted by molar-refractivity contribution is 0.0819. The molecule has 0 saturated heterocycles. The maximum atomic E-state index is 5.47. The van der Waals surface area contributed by atoms with Crippen molar-refractivity contribution in [3.05, 3.63) is 18.3 Å². The van der Waals surface area contributed by atoms with Crippen LogP contribution >= 0.6 is 0 Å². The third kappa shape index (κ3) is 4.95. The predicted molar refractivity (Wildman–Crippen MR) is 63.2 cm³/mol. The standard InChI is InChI=1S/C11H19N3O2/c1-9(2)8-15-5-6-16-10-3-4-13-11(7-10)14-12/h3-4,7,9H,5-6,8,12H2,1-2H3,(H,13,14). The van der Waals surface area contributed by atoms with Crippen LogP contribution in [0.4, 0.5) is 5.82 Å². The third-order valence-electron chi connectivity index (χ3n) is 1.83. The van der Waals surface area contributed by atoms with Crippen LogP contribution in [0.2, 0.25) is 0 Å². The smallest absolute Gasteiger partial charge is 0.143 e. The molecule has 0 aromatic carbocycles. The first-order valence-electron chi connectivity index (χ1n) is 5.35. The molecule has 0 aliphatic rings. The van der Waals surface area contributed by atoms with Crippen molar-refractivity contribution in [1.29, 1.82) is 0 Å². The number of nitrogen functional groups attached to an aromatic ring is 1. The summed E-state index contributed by atoms with van der Waals surface area (Å²) in [5.74, 6) is 7.10. The summed E-state index contributed by atoms with van der Waals surface area (Å²) in [7, 11) is 0. The van der Waals surface area contributed by atoms with Crippen LogP contribution in [0.1, 0.15) is 13.8 Å². The summed E-state index contributed by atoms with van der Waals surface area (Å²) < 4.78 is 10.9. The van der Waals surface area contributed by atoms with E-state index in [0.717, 1.165) is 12.4 Å². The summed E-state index contributed by atoms with van der Waals surface area (Å²) in [6.45, 7) is 6.10. The maximum Gasteiger partial charge on any atom is 0.143 e. The third-order valence-corrected chi connectivity index (χ3v) is 1.83. The van der Waals surface area contributed by atoms with Gasteiger partial charge in [0, 0.05) is 18.9 Å². The molecule has 0 saturated carbocycles. The second kappa shape index (κ2) is 7.03. The molecule has 3 N–H and O–H groups in total. The van der Waals surface area contributed by atoms with Gasteiger partial charge in [0.15, 0.2) is 0 Å². The van der Waals surface area contributed by atoms with E-state index < -0.39 is 0 Å². The van der Waals surface area contributed by atoms with E-state index in [1.165, 1.54) is 0 Å². The molecule has 1 heterocycles. The number of ether oxygens (including phenoxy) is 2. The Morgan fingerprint density at radius 2 is 2.25 bits per heavy atom. The molecule has 0 atom stereocenters. The molecule has 1 aromatic rings. The lowest BCUT2D eigenvalue weighted by atomic mass is 10.2. The van der Waals surface area contributed by atoms with E-state index >= 15 is 0 Å². The van der Waals surface area contributed by atoms with E-state index in [0.29, 0.717) is 24.9 Å². The van der Waals surface area contributed by atoms with Crippen LogP contribution in [0.5, 0.6) is 5.75 Å². The van der Waals surface area contributed by atoms with Crippen LogP contribution < -0.4 is 16.0 Å². The minimum Gasteiger partial charge on any atom is -0.491 e. The van der Waals surface area contributed by atoms with Gasteiger partial charge in [-0.25, -0.2) is 10.8 Å². The monoisotopic (exact) mass is 225 g/mol. The molecule has 1 rings (SSSR count). The van der Waals surface area contributed by atoms with Crippen molar-refractivity contribution in [2.45, 2.75) is 13.8 Å². The minimum absolute atomic E-state index is 0.529. The van der Waals surface area contributed by atoms with Crippen LogP contribution in [-0.4, -0.2) is 24.8 Å². The largest absolute Gasteiger partial charge is 0.491 e. The lowest BCUT2D eigenvalue weighted by Gasteiger charge is -2.09. The summed E-state index contributed by atoms with van der Waals surface area (Å²) >= 11 is 0. The van der Waals surface area contributed by atoms with Gasteiger partial charge in [0.2, 0.25) is 0 Å². The summed E-state index contributed by atoms with van der Waals surface area (Å²) in [5, 5.41) is 0. The number of nitrogens with zero attached hydrogens (tertiary/aromatic N) is 1. The first kappa shape index (κ1) is 12.7. The van der Waals surface area contributed by atoms with Crippen molar-refractivity contribution in [3.63, 3.8) is 0 Å². The number of pyridine rings is 1. The van der Waals surface area contributed by atoms with Crippen molar-refractivity contribution < 1.29 is 9.47 Å². The van der Waals surface area contributed by atoms with Gasteiger partial charge in [0.25, 0.3) is 0 Å². The number of hydrogen-bond donors (Lipinski definition) is 2. The highest BCUT2D eigenvalue weighted by molar-refractivity contribution is 5.39. The van der Waals surface area contributed by atoms with Crippen molar-refractivity contribution >= 4 is 5.82 Å². The van der Waals surface area contributed by atoms with Crippen molar-refractivity contribution in [1.82, 2.24) is 4.98 Å². The average molecular weight is 225 g/mol. The highest BCUT2D eigenvalue weighted by Gasteiger charge is 1.97. The van der Waals surface area contributed by atoms with E-state index in [9.17, 15) is 0 Å². The molecule has 0 fully saturated rings. The first-order chi connectivity index (χ1) is 7.72. The Morgan fingerprint density at radius 1 is 1.44 bits per heavy atom. The number of anilines is 1. The molecule has 0 spiro atoms. The molecule has 0 radical (unpaired) electrons. The fourth-order valence-corrected chi connectivity index (χ4v) is 1.12. The molecular weight excluding hydrogens is 206 g/mol. The molecule has 90 valence electrons. The van der Waals surface area contributed by atoms with Crippen LogP contribution in [-0.2, 0) is 4.74 Å². The highest BCUT2D eigenvalue weighted by atomic mass is 16.5. The van der Waals surface area contributed by atoms with Crippen molar-refractivity contribution in [2.24, 2.45) is 11.8 Å². The number of aromatic nitrogens is 1. The molecule has 0 aliphatic heterocycles. The molecule has 5 heteroatoms. The Morgan fingerprint density at radius 3 is 2.94 bits per heavy atom. The number of nitrogens with two attached hydrogens (primary N) is 1. The Bertz CT molecular complexity index is 305. The fraction of sp³-hybridized carbons (Fsp3) is 0.545. The second-order valence-electron chi connectivity index (χ2n) is 3.84. The summed E-state index contributed by atoms with van der Waals surface area (Å²) in [6, 6.07) is 3.52. The zero-order chi connectivity index (χ0) is 11.8. The minimum atomic E-state index is 0.529. The van der Waals surface area contributed by atoms with Crippen LogP contribution in [0.25, 0.3) is 0 Å². The van der Waals surface area contributed by atoms with Gasteiger partial charge in [-0.15, -0.1) is 0 Å². The van der Waals surface area contributed by atoms with Gasteiger partial charge in [-0.3, -0.25) is 0 Å². The van der Waals surface area contributed by atoms with Gasteiger partial charge in [-0.2, -0.15) is 0 Å². The van der Waals surface area contributed by atoms with Crippen molar-refractivity contribution in [2.75, 3.05) is 25.2 Å². The van der Waals surface area contributed by atoms with E-state index in [4.69, 9.17) is 15.3 Å². The van der Waals surface area contributed by atoms with E-state index in [-0.39, 0.29) is 0 Å². The Kier molecular flexibility index (Phi) is 5.60. The fourth-order valence-electron chi connectivity index (χ4n) is 1.12. The van der Waals surface area contributed by atoms with Crippen LogP contribution in [0.3, 0.4) is 0 Å². The molecule has 0 unspecified atom stereocenters. The second-order valence-corrected chi connectivity index (χ2v) is 3.84. The van der Waals surface area contributed by atoms with Gasteiger partial charge in [-0.05, 0) is 12.0 Å². The quantitative estimate of drug-likeness (QED) is 0.417. The molecule has 5 nitrogen and oxygen atoms in total. The lowest BCUT2D eigenvalue weighted by Crippen LogP contribution is -2.11. The predicted octanol–water partition coefficient (Wildman–Crippen LogP) is 1.42. The molecule has 0 bridgehead atoms. The van der Waals surface area contributed by atoms with E-state index in [1.54, 1.807) is 18.3 Å². The van der Waals surface area contributed by atoms with E-state index in [1.807, 2.05) is 0 Å². The maximum absolute atomic E-state index is 5.47. The van der Waals surface area contributed by atoms with E-state index in [2.05, 4.69) is 24.3 Å². The van der Waals surface area contributed by atoms with Gasteiger partial charge >= 0.3 is 0 Å². The molecule has 0 amide bonds. The zero-order valence-electron chi connectivity index (χ0n) is 9.77. The Balaban J connectivity index is 2.21.